The average molecular weight is 454 g/mol. The summed E-state index contributed by atoms with van der Waals surface area (Å²) in [4.78, 5) is 1.66. The molecule has 0 aliphatic heterocycles. The number of tetrazole rings is 2. The molecule has 0 fully saturated rings. The fourth-order valence-electron chi connectivity index (χ4n) is 1.77. The Labute approximate surface area is 158 Å². The topological polar surface area (TPSA) is 101 Å². The number of benzene rings is 2. The molecule has 4 aromatic rings. The van der Waals surface area contributed by atoms with E-state index in [9.17, 15) is 0 Å². The molecule has 2 heterocycles. The van der Waals surface area contributed by atoms with Crippen LogP contribution in [0.25, 0.3) is 17.1 Å². The zero-order valence-corrected chi connectivity index (χ0v) is 15.5. The highest BCUT2D eigenvalue weighted by atomic mass is 79.9. The van der Waals surface area contributed by atoms with Crippen LogP contribution in [0.2, 0.25) is 0 Å². The maximum Gasteiger partial charge on any atom is 0.339 e. The third-order valence-corrected chi connectivity index (χ3v) is 2.77. The lowest BCUT2D eigenvalue weighted by molar-refractivity contribution is -0.716. The number of nitrogens with one attached hydrogen (secondary N) is 3. The van der Waals surface area contributed by atoms with Gasteiger partial charge in [0.1, 0.15) is 5.10 Å². The monoisotopic (exact) mass is 452 g/mol. The van der Waals surface area contributed by atoms with E-state index in [1.54, 1.807) is 4.80 Å². The van der Waals surface area contributed by atoms with Crippen molar-refractivity contribution >= 4 is 0 Å². The number of aromatic amines is 3. The van der Waals surface area contributed by atoms with Gasteiger partial charge in [-0.05, 0) is 39.4 Å². The van der Waals surface area contributed by atoms with Gasteiger partial charge in [0.25, 0.3) is 6.33 Å². The van der Waals surface area contributed by atoms with Crippen LogP contribution in [0, 0.1) is 0 Å². The van der Waals surface area contributed by atoms with Crippen LogP contribution in [0.5, 0.6) is 0 Å². The zero-order chi connectivity index (χ0) is 15.0. The maximum absolute atomic E-state index is 4.40. The van der Waals surface area contributed by atoms with Crippen molar-refractivity contribution in [2.75, 3.05) is 0 Å². The van der Waals surface area contributed by atoms with Crippen LogP contribution in [0.4, 0.5) is 0 Å². The van der Waals surface area contributed by atoms with Gasteiger partial charge in [0, 0.05) is 0 Å². The summed E-state index contributed by atoms with van der Waals surface area (Å²) in [7, 11) is 0. The summed E-state index contributed by atoms with van der Waals surface area (Å²) in [6.45, 7) is 0. The van der Waals surface area contributed by atoms with Gasteiger partial charge in [-0.15, -0.1) is 0 Å². The maximum atomic E-state index is 4.40. The molecule has 3 N–H and O–H groups in total. The quantitative estimate of drug-likeness (QED) is 0.295. The average Bonchev–Trinajstić information content (AvgIpc) is 3.31. The first-order valence-corrected chi connectivity index (χ1v) is 6.61. The highest BCUT2D eigenvalue weighted by molar-refractivity contribution is 5.52. The van der Waals surface area contributed by atoms with E-state index in [2.05, 4.69) is 36.0 Å². The summed E-state index contributed by atoms with van der Waals surface area (Å²) in [6, 6.07) is 19.7. The van der Waals surface area contributed by atoms with Crippen molar-refractivity contribution in [3.8, 4) is 17.1 Å². The molecule has 24 heavy (non-hydrogen) atoms. The Balaban J connectivity index is 0.000000357. The van der Waals surface area contributed by atoms with Crippen molar-refractivity contribution in [2.24, 2.45) is 0 Å². The minimum Gasteiger partial charge on any atom is -1.00 e. The first-order chi connectivity index (χ1) is 10.9. The fraction of sp³-hybridized carbons (Fsp3) is 0. The van der Waals surface area contributed by atoms with E-state index in [1.807, 2.05) is 60.7 Å². The predicted molar refractivity (Wildman–Crippen MR) is 76.3 cm³/mol. The summed E-state index contributed by atoms with van der Waals surface area (Å²) in [6.07, 6.45) is 1.46. The Morgan fingerprint density at radius 3 is 2.08 bits per heavy atom. The normalized spacial score (nSPS) is 9.00. The lowest BCUT2D eigenvalue weighted by atomic mass is 10.2. The van der Waals surface area contributed by atoms with Crippen LogP contribution in [0.15, 0.2) is 67.0 Å². The van der Waals surface area contributed by atoms with Crippen molar-refractivity contribution in [3.05, 3.63) is 67.0 Å². The number of H-pyrrole nitrogens is 3. The van der Waals surface area contributed by atoms with E-state index >= 15 is 0 Å². The van der Waals surface area contributed by atoms with Crippen molar-refractivity contribution in [1.29, 1.82) is 0 Å². The Hall–Kier alpha value is -2.46. The molecule has 0 amide bonds. The molecule has 0 aliphatic carbocycles. The van der Waals surface area contributed by atoms with Gasteiger partial charge in [0.2, 0.25) is 0 Å². The molecule has 0 bridgehead atoms. The molecule has 0 unspecified atom stereocenters. The molecule has 0 aliphatic rings. The summed E-state index contributed by atoms with van der Waals surface area (Å²) >= 11 is 0. The van der Waals surface area contributed by atoms with E-state index in [1.165, 1.54) is 6.33 Å². The van der Waals surface area contributed by atoms with Gasteiger partial charge < -0.3 is 34.0 Å². The van der Waals surface area contributed by atoms with E-state index in [0.29, 0.717) is 5.82 Å². The second kappa shape index (κ2) is 10.3. The number of rotatable bonds is 2. The van der Waals surface area contributed by atoms with Gasteiger partial charge in [-0.1, -0.05) is 41.6 Å². The second-order valence-corrected chi connectivity index (χ2v) is 4.25. The number of para-hydroxylation sites is 1. The summed E-state index contributed by atoms with van der Waals surface area (Å²) in [5, 5.41) is 23.0. The van der Waals surface area contributed by atoms with Crippen LogP contribution in [-0.4, -0.2) is 30.9 Å². The minimum atomic E-state index is 0. The minimum absolute atomic E-state index is 0. The van der Waals surface area contributed by atoms with Crippen LogP contribution in [0.3, 0.4) is 0 Å². The molecule has 8 nitrogen and oxygen atoms in total. The van der Waals surface area contributed by atoms with Crippen LogP contribution < -0.4 is 43.9 Å². The number of hydrogen-bond acceptors (Lipinski definition) is 4. The largest absolute Gasteiger partial charge is 1.00 e. The molecule has 10 heteroatoms. The number of nitrogens with zero attached hydrogens (tertiary/aromatic N) is 5. The van der Waals surface area contributed by atoms with Crippen molar-refractivity contribution in [2.45, 2.75) is 0 Å². The Morgan fingerprint density at radius 2 is 1.54 bits per heavy atom. The molecule has 0 saturated carbocycles. The van der Waals surface area contributed by atoms with E-state index in [4.69, 9.17) is 0 Å². The zero-order valence-electron chi connectivity index (χ0n) is 12.3. The standard InChI is InChI=1S/C13H10N4.CH2N4.2BrH/c1-3-7-11(8-4-1)13-14-16-17(15-13)12-9-5-2-6-10-12;1-2-4-5-3-1;;/h1-10H;1H,(H,2,3,4,5);2*1H. The lowest BCUT2D eigenvalue weighted by Gasteiger charge is -1.89. The van der Waals surface area contributed by atoms with Gasteiger partial charge in [-0.2, -0.15) is 5.10 Å². The van der Waals surface area contributed by atoms with Gasteiger partial charge in [0.05, 0.1) is 10.7 Å². The molecule has 124 valence electrons. The lowest BCUT2D eigenvalue weighted by Crippen LogP contribution is -3.00. The van der Waals surface area contributed by atoms with Gasteiger partial charge in [-0.25, -0.2) is 0 Å². The Bertz CT molecular complexity index is 719. The number of aromatic nitrogens is 8. The SMILES string of the molecule is [Br-].[Br-].c1ccc(-c2n[nH][n+](-c3ccccc3)n2)cc1.c1nn[nH][nH+]1. The molecule has 0 spiro atoms. The molecule has 0 radical (unpaired) electrons. The van der Waals surface area contributed by atoms with Crippen molar-refractivity contribution < 1.29 is 43.9 Å². The van der Waals surface area contributed by atoms with Crippen LogP contribution in [-0.2, 0) is 0 Å². The molecule has 2 aromatic carbocycles. The van der Waals surface area contributed by atoms with E-state index in [-0.39, 0.29) is 34.0 Å². The third-order valence-electron chi connectivity index (χ3n) is 2.77. The van der Waals surface area contributed by atoms with Crippen molar-refractivity contribution in [3.63, 3.8) is 0 Å². The number of halogens is 2. The first-order valence-electron chi connectivity index (χ1n) is 6.61. The second-order valence-electron chi connectivity index (χ2n) is 4.25. The van der Waals surface area contributed by atoms with Gasteiger partial charge in [0.15, 0.2) is 10.9 Å². The molecule has 4 rings (SSSR count). The molecular formula is C14H14Br2N8. The molecule has 0 saturated heterocycles. The first kappa shape index (κ1) is 19.6. The Morgan fingerprint density at radius 1 is 0.875 bits per heavy atom. The third kappa shape index (κ3) is 5.32. The van der Waals surface area contributed by atoms with Gasteiger partial charge >= 0.3 is 5.82 Å². The van der Waals surface area contributed by atoms with Crippen LogP contribution in [0.1, 0.15) is 0 Å². The fourth-order valence-corrected chi connectivity index (χ4v) is 1.77. The predicted octanol–water partition coefficient (Wildman–Crippen LogP) is -5.62. The summed E-state index contributed by atoms with van der Waals surface area (Å²) in [5.74, 6) is 0.689. The molecular weight excluding hydrogens is 440 g/mol. The summed E-state index contributed by atoms with van der Waals surface area (Å²) in [5.41, 5.74) is 1.96. The molecule has 0 atom stereocenters. The number of hydrogen-bond donors (Lipinski definition) is 2. The van der Waals surface area contributed by atoms with E-state index in [0.717, 1.165) is 11.3 Å². The van der Waals surface area contributed by atoms with Crippen molar-refractivity contribution in [1.82, 2.24) is 30.9 Å². The smallest absolute Gasteiger partial charge is 0.339 e. The van der Waals surface area contributed by atoms with Crippen LogP contribution >= 0.6 is 0 Å². The summed E-state index contributed by atoms with van der Waals surface area (Å²) < 4.78 is 0. The highest BCUT2D eigenvalue weighted by Gasteiger charge is 2.14. The molecule has 2 aromatic heterocycles. The van der Waals surface area contributed by atoms with Gasteiger partial charge in [-0.3, -0.25) is 0 Å². The highest BCUT2D eigenvalue weighted by Crippen LogP contribution is 2.10. The Kier molecular flexibility index (Phi) is 8.44. The van der Waals surface area contributed by atoms with E-state index < -0.39 is 0 Å².